The number of hydrogen-bond donors (Lipinski definition) is 2. The van der Waals surface area contributed by atoms with Crippen LogP contribution in [0.2, 0.25) is 0 Å². The zero-order chi connectivity index (χ0) is 24.9. The van der Waals surface area contributed by atoms with E-state index in [0.717, 1.165) is 26.2 Å². The van der Waals surface area contributed by atoms with E-state index in [1.54, 1.807) is 14.0 Å². The fourth-order valence-electron chi connectivity index (χ4n) is 4.86. The molecule has 0 aliphatic carbocycles. The van der Waals surface area contributed by atoms with Crippen molar-refractivity contribution < 1.29 is 19.1 Å². The number of urea groups is 1. The number of carbonyl (C=O) groups is 2. The molecule has 4 rings (SSSR count). The second-order valence-electron chi connectivity index (χ2n) is 8.94. The lowest BCUT2D eigenvalue weighted by Gasteiger charge is -2.38. The molecule has 8 nitrogen and oxygen atoms in total. The van der Waals surface area contributed by atoms with Gasteiger partial charge in [0.25, 0.3) is 0 Å². The molecule has 1 atom stereocenters. The lowest BCUT2D eigenvalue weighted by atomic mass is 9.94. The second kappa shape index (κ2) is 10.8. The molecule has 1 unspecified atom stereocenters. The van der Waals surface area contributed by atoms with Crippen LogP contribution in [0.1, 0.15) is 29.7 Å². The number of methoxy groups -OCH3 is 1. The number of para-hydroxylation sites is 1. The summed E-state index contributed by atoms with van der Waals surface area (Å²) in [5, 5.41) is 5.77. The highest BCUT2D eigenvalue weighted by atomic mass is 16.5. The van der Waals surface area contributed by atoms with Crippen molar-refractivity contribution in [3.8, 4) is 5.75 Å². The average Bonchev–Trinajstić information content (AvgIpc) is 2.84. The summed E-state index contributed by atoms with van der Waals surface area (Å²) in [6, 6.07) is 12.9. The third-order valence-electron chi connectivity index (χ3n) is 6.55. The maximum atomic E-state index is 13.1. The van der Waals surface area contributed by atoms with Gasteiger partial charge in [0, 0.05) is 49.7 Å². The fraction of sp³-hybridized carbons (Fsp3) is 0.407. The first-order valence-corrected chi connectivity index (χ1v) is 12.1. The van der Waals surface area contributed by atoms with E-state index in [-0.39, 0.29) is 12.6 Å². The molecule has 2 heterocycles. The summed E-state index contributed by atoms with van der Waals surface area (Å²) in [6.07, 6.45) is 0. The number of piperazine rings is 1. The van der Waals surface area contributed by atoms with Gasteiger partial charge < -0.3 is 25.0 Å². The van der Waals surface area contributed by atoms with Crippen LogP contribution in [0.5, 0.6) is 5.75 Å². The summed E-state index contributed by atoms with van der Waals surface area (Å²) in [6.45, 7) is 10.1. The summed E-state index contributed by atoms with van der Waals surface area (Å²) in [5.41, 5.74) is 5.49. The topological polar surface area (TPSA) is 83.1 Å². The molecule has 1 saturated heterocycles. The van der Waals surface area contributed by atoms with Crippen LogP contribution in [-0.4, -0.2) is 63.3 Å². The molecule has 2 amide bonds. The molecule has 2 aromatic carbocycles. The van der Waals surface area contributed by atoms with Crippen molar-refractivity contribution in [1.29, 1.82) is 0 Å². The SMILES string of the molecule is CCOC(=O)C1=C(CN2CCN(c3ccc(C)cc3C)CC2)NC(=O)NC1c1ccccc1OC. The van der Waals surface area contributed by atoms with E-state index in [1.807, 2.05) is 24.3 Å². The first-order valence-electron chi connectivity index (χ1n) is 12.1. The van der Waals surface area contributed by atoms with Gasteiger partial charge in [0.15, 0.2) is 0 Å². The fourth-order valence-corrected chi connectivity index (χ4v) is 4.86. The molecule has 186 valence electrons. The predicted octanol–water partition coefficient (Wildman–Crippen LogP) is 3.31. The predicted molar refractivity (Wildman–Crippen MR) is 136 cm³/mol. The molecule has 0 aromatic heterocycles. The number of rotatable bonds is 7. The first-order chi connectivity index (χ1) is 16.9. The van der Waals surface area contributed by atoms with Crippen molar-refractivity contribution in [2.24, 2.45) is 0 Å². The largest absolute Gasteiger partial charge is 0.496 e. The Kier molecular flexibility index (Phi) is 7.60. The van der Waals surface area contributed by atoms with Crippen molar-refractivity contribution in [2.45, 2.75) is 26.8 Å². The lowest BCUT2D eigenvalue weighted by Crippen LogP contribution is -2.52. The maximum absolute atomic E-state index is 13.1. The van der Waals surface area contributed by atoms with E-state index in [2.05, 4.69) is 52.5 Å². The highest BCUT2D eigenvalue weighted by Gasteiger charge is 2.36. The average molecular weight is 479 g/mol. The number of nitrogens with zero attached hydrogens (tertiary/aromatic N) is 2. The number of ether oxygens (including phenoxy) is 2. The zero-order valence-corrected chi connectivity index (χ0v) is 20.9. The first kappa shape index (κ1) is 24.6. The Morgan fingerprint density at radius 1 is 1.09 bits per heavy atom. The summed E-state index contributed by atoms with van der Waals surface area (Å²) >= 11 is 0. The van der Waals surface area contributed by atoms with Gasteiger partial charge >= 0.3 is 12.0 Å². The van der Waals surface area contributed by atoms with Crippen LogP contribution in [0.15, 0.2) is 53.7 Å². The molecule has 0 bridgehead atoms. The Balaban J connectivity index is 1.58. The number of amides is 2. The van der Waals surface area contributed by atoms with E-state index in [4.69, 9.17) is 9.47 Å². The van der Waals surface area contributed by atoms with Crippen molar-refractivity contribution in [1.82, 2.24) is 15.5 Å². The molecule has 0 spiro atoms. The number of anilines is 1. The molecule has 1 fully saturated rings. The summed E-state index contributed by atoms with van der Waals surface area (Å²) in [5.74, 6) is 0.155. The van der Waals surface area contributed by atoms with Gasteiger partial charge in [-0.3, -0.25) is 4.90 Å². The Labute approximate surface area is 206 Å². The standard InChI is InChI=1S/C27H34N4O4/c1-5-35-26(32)24-21(28-27(33)29-25(24)20-8-6-7-9-23(20)34-4)17-30-12-14-31(15-13-30)22-11-10-18(2)16-19(22)3/h6-11,16,25H,5,12-15,17H2,1-4H3,(H2,28,29,33). The summed E-state index contributed by atoms with van der Waals surface area (Å²) < 4.78 is 10.9. The summed E-state index contributed by atoms with van der Waals surface area (Å²) in [4.78, 5) is 30.4. The van der Waals surface area contributed by atoms with E-state index in [9.17, 15) is 9.59 Å². The van der Waals surface area contributed by atoms with Crippen LogP contribution in [0.25, 0.3) is 0 Å². The molecule has 2 aromatic rings. The third kappa shape index (κ3) is 5.43. The van der Waals surface area contributed by atoms with Gasteiger partial charge in [-0.2, -0.15) is 0 Å². The number of nitrogens with one attached hydrogen (secondary N) is 2. The molecule has 2 aliphatic rings. The second-order valence-corrected chi connectivity index (χ2v) is 8.94. The van der Waals surface area contributed by atoms with Gasteiger partial charge in [-0.05, 0) is 38.5 Å². The minimum Gasteiger partial charge on any atom is -0.496 e. The highest BCUT2D eigenvalue weighted by Crippen LogP contribution is 2.34. The number of carbonyl (C=O) groups excluding carboxylic acids is 2. The normalized spacial score (nSPS) is 18.7. The van der Waals surface area contributed by atoms with E-state index in [1.165, 1.54) is 16.8 Å². The molecule has 35 heavy (non-hydrogen) atoms. The minimum absolute atomic E-state index is 0.247. The lowest BCUT2D eigenvalue weighted by molar-refractivity contribution is -0.139. The zero-order valence-electron chi connectivity index (χ0n) is 20.9. The van der Waals surface area contributed by atoms with Crippen LogP contribution < -0.4 is 20.3 Å². The van der Waals surface area contributed by atoms with Crippen LogP contribution in [0.4, 0.5) is 10.5 Å². The third-order valence-corrected chi connectivity index (χ3v) is 6.55. The van der Waals surface area contributed by atoms with E-state index in [0.29, 0.717) is 29.1 Å². The van der Waals surface area contributed by atoms with Crippen molar-refractivity contribution in [3.63, 3.8) is 0 Å². The van der Waals surface area contributed by atoms with Crippen molar-refractivity contribution in [2.75, 3.05) is 51.3 Å². The van der Waals surface area contributed by atoms with Gasteiger partial charge in [0.2, 0.25) is 0 Å². The number of esters is 1. The van der Waals surface area contributed by atoms with Crippen LogP contribution in [0.3, 0.4) is 0 Å². The number of hydrogen-bond acceptors (Lipinski definition) is 6. The smallest absolute Gasteiger partial charge is 0.338 e. The molecule has 2 N–H and O–H groups in total. The van der Waals surface area contributed by atoms with Crippen molar-refractivity contribution >= 4 is 17.7 Å². The van der Waals surface area contributed by atoms with Gasteiger partial charge in [-0.25, -0.2) is 9.59 Å². The van der Waals surface area contributed by atoms with Crippen molar-refractivity contribution in [3.05, 3.63) is 70.4 Å². The van der Waals surface area contributed by atoms with Crippen LogP contribution >= 0.6 is 0 Å². The van der Waals surface area contributed by atoms with Gasteiger partial charge in [0.05, 0.1) is 25.3 Å². The Morgan fingerprint density at radius 3 is 2.51 bits per heavy atom. The Hall–Kier alpha value is -3.52. The van der Waals surface area contributed by atoms with Crippen LogP contribution in [-0.2, 0) is 9.53 Å². The molecular formula is C27H34N4O4. The Bertz CT molecular complexity index is 1120. The Morgan fingerprint density at radius 2 is 1.83 bits per heavy atom. The molecule has 2 aliphatic heterocycles. The minimum atomic E-state index is -0.662. The molecule has 0 radical (unpaired) electrons. The highest BCUT2D eigenvalue weighted by molar-refractivity contribution is 5.95. The molecular weight excluding hydrogens is 444 g/mol. The summed E-state index contributed by atoms with van der Waals surface area (Å²) in [7, 11) is 1.58. The molecule has 0 saturated carbocycles. The van der Waals surface area contributed by atoms with Crippen LogP contribution in [0, 0.1) is 13.8 Å². The van der Waals surface area contributed by atoms with Gasteiger partial charge in [0.1, 0.15) is 5.75 Å². The van der Waals surface area contributed by atoms with E-state index < -0.39 is 12.0 Å². The number of aryl methyl sites for hydroxylation is 2. The van der Waals surface area contributed by atoms with Gasteiger partial charge in [-0.1, -0.05) is 35.9 Å². The monoisotopic (exact) mass is 478 g/mol. The maximum Gasteiger partial charge on any atom is 0.338 e. The quantitative estimate of drug-likeness (QED) is 0.594. The molecule has 8 heteroatoms. The number of benzene rings is 2. The van der Waals surface area contributed by atoms with E-state index >= 15 is 0 Å². The van der Waals surface area contributed by atoms with Gasteiger partial charge in [-0.15, -0.1) is 0 Å².